The van der Waals surface area contributed by atoms with Gasteiger partial charge in [0.15, 0.2) is 0 Å². The molecule has 0 N–H and O–H groups in total. The van der Waals surface area contributed by atoms with Crippen LogP contribution in [0.4, 0.5) is 8.78 Å². The molecular formula is C4H9F2NS. The summed E-state index contributed by atoms with van der Waals surface area (Å²) in [5.41, 5.74) is 0. The number of alkyl halides is 2. The second-order valence-corrected chi connectivity index (χ2v) is 2.03. The normalized spacial score (nSPS) is 12.8. The van der Waals surface area contributed by atoms with Gasteiger partial charge in [0.25, 0.3) is 0 Å². The van der Waals surface area contributed by atoms with Crippen LogP contribution in [-0.2, 0) is 0 Å². The lowest BCUT2D eigenvalue weighted by atomic mass is 10.6. The van der Waals surface area contributed by atoms with Gasteiger partial charge in [-0.25, -0.2) is 0 Å². The van der Waals surface area contributed by atoms with E-state index in [4.69, 9.17) is 0 Å². The zero-order chi connectivity index (χ0) is 6.78. The van der Waals surface area contributed by atoms with Gasteiger partial charge in [-0.3, -0.25) is 4.90 Å². The molecule has 0 aromatic carbocycles. The van der Waals surface area contributed by atoms with Crippen LogP contribution < -0.4 is 0 Å². The summed E-state index contributed by atoms with van der Waals surface area (Å²) in [7, 11) is 2.63. The quantitative estimate of drug-likeness (QED) is 0.444. The maximum atomic E-state index is 12.1. The largest absolute Gasteiger partial charge is 0.313 e. The summed E-state index contributed by atoms with van der Waals surface area (Å²) in [6, 6.07) is -2.76. The van der Waals surface area contributed by atoms with Crippen molar-refractivity contribution in [3.05, 3.63) is 0 Å². The molecule has 0 heterocycles. The molecule has 0 fully saturated rings. The highest BCUT2D eigenvalue weighted by Gasteiger charge is 2.28. The second-order valence-electron chi connectivity index (χ2n) is 1.72. The molecule has 0 aliphatic rings. The zero-order valence-corrected chi connectivity index (χ0v) is 5.75. The molecule has 0 saturated heterocycles. The van der Waals surface area contributed by atoms with E-state index >= 15 is 0 Å². The Morgan fingerprint density at radius 2 is 1.88 bits per heavy atom. The number of hydrogen-bond donors (Lipinski definition) is 1. The Hall–Kier alpha value is 0.170. The van der Waals surface area contributed by atoms with Crippen molar-refractivity contribution in [2.24, 2.45) is 0 Å². The Labute approximate surface area is 53.1 Å². The summed E-state index contributed by atoms with van der Waals surface area (Å²) >= 11 is 3.45. The van der Waals surface area contributed by atoms with Crippen molar-refractivity contribution in [3.8, 4) is 0 Å². The first-order valence-electron chi connectivity index (χ1n) is 2.17. The van der Waals surface area contributed by atoms with Crippen LogP contribution in [0.1, 0.15) is 0 Å². The third-order valence-corrected chi connectivity index (χ3v) is 1.22. The molecule has 0 unspecified atom stereocenters. The van der Waals surface area contributed by atoms with Gasteiger partial charge >= 0.3 is 6.05 Å². The van der Waals surface area contributed by atoms with Gasteiger partial charge in [0.2, 0.25) is 0 Å². The Balaban J connectivity index is 3.71. The van der Waals surface area contributed by atoms with Gasteiger partial charge < -0.3 is 0 Å². The topological polar surface area (TPSA) is 3.24 Å². The first kappa shape index (κ1) is 8.17. The molecule has 0 aromatic rings. The standard InChI is InChI=1S/C4H9F2NS/c1-7(2)4(5,6)3-8/h8H,3H2,1-2H3. The third kappa shape index (κ3) is 1.96. The van der Waals surface area contributed by atoms with Crippen LogP contribution >= 0.6 is 12.6 Å². The number of thiol groups is 1. The van der Waals surface area contributed by atoms with Crippen LogP contribution in [0.25, 0.3) is 0 Å². The summed E-state index contributed by atoms with van der Waals surface area (Å²) in [5, 5.41) is 0. The van der Waals surface area contributed by atoms with Crippen LogP contribution in [0.5, 0.6) is 0 Å². The lowest BCUT2D eigenvalue weighted by Gasteiger charge is -2.20. The molecule has 0 rings (SSSR count). The Kier molecular flexibility index (Phi) is 2.70. The maximum absolute atomic E-state index is 12.1. The van der Waals surface area contributed by atoms with E-state index in [0.717, 1.165) is 4.90 Å². The second kappa shape index (κ2) is 2.64. The van der Waals surface area contributed by atoms with E-state index in [1.54, 1.807) is 0 Å². The highest BCUT2D eigenvalue weighted by molar-refractivity contribution is 7.80. The summed E-state index contributed by atoms with van der Waals surface area (Å²) in [6.07, 6.45) is 0. The molecule has 50 valence electrons. The predicted octanol–water partition coefficient (Wildman–Crippen LogP) is 1.07. The van der Waals surface area contributed by atoms with Crippen LogP contribution in [0.2, 0.25) is 0 Å². The molecule has 0 radical (unpaired) electrons. The Bertz CT molecular complexity index is 74.4. The molecule has 0 spiro atoms. The lowest BCUT2D eigenvalue weighted by molar-refractivity contribution is -0.0985. The van der Waals surface area contributed by atoms with E-state index < -0.39 is 11.8 Å². The minimum Gasteiger partial charge on any atom is -0.250 e. The summed E-state index contributed by atoms with van der Waals surface area (Å²) in [6.45, 7) is 0. The molecule has 8 heavy (non-hydrogen) atoms. The first-order chi connectivity index (χ1) is 3.50. The molecule has 0 saturated carbocycles. The van der Waals surface area contributed by atoms with Gasteiger partial charge in [0, 0.05) is 0 Å². The third-order valence-electron chi connectivity index (χ3n) is 0.845. The number of rotatable bonds is 2. The van der Waals surface area contributed by atoms with Crippen molar-refractivity contribution in [1.29, 1.82) is 0 Å². The summed E-state index contributed by atoms with van der Waals surface area (Å²) < 4.78 is 24.2. The van der Waals surface area contributed by atoms with Crippen molar-refractivity contribution in [2.75, 3.05) is 19.8 Å². The van der Waals surface area contributed by atoms with Gasteiger partial charge in [-0.1, -0.05) is 0 Å². The SMILES string of the molecule is CN(C)C(F)(F)CS. The van der Waals surface area contributed by atoms with Gasteiger partial charge in [-0.15, -0.1) is 0 Å². The van der Waals surface area contributed by atoms with Gasteiger partial charge in [0.1, 0.15) is 0 Å². The average molecular weight is 141 g/mol. The van der Waals surface area contributed by atoms with Crippen molar-refractivity contribution in [2.45, 2.75) is 6.05 Å². The van der Waals surface area contributed by atoms with Crippen molar-refractivity contribution >= 4 is 12.6 Å². The molecule has 0 amide bonds. The van der Waals surface area contributed by atoms with Crippen LogP contribution in [0.15, 0.2) is 0 Å². The zero-order valence-electron chi connectivity index (χ0n) is 4.86. The number of hydrogen-bond acceptors (Lipinski definition) is 2. The average Bonchev–Trinajstić information content (AvgIpc) is 1.67. The van der Waals surface area contributed by atoms with E-state index in [0.29, 0.717) is 0 Å². The van der Waals surface area contributed by atoms with Crippen molar-refractivity contribution in [1.82, 2.24) is 4.90 Å². The molecule has 4 heteroatoms. The molecule has 0 atom stereocenters. The van der Waals surface area contributed by atoms with Crippen LogP contribution in [-0.4, -0.2) is 30.8 Å². The Morgan fingerprint density at radius 1 is 1.50 bits per heavy atom. The first-order valence-corrected chi connectivity index (χ1v) is 2.80. The predicted molar refractivity (Wildman–Crippen MR) is 32.5 cm³/mol. The van der Waals surface area contributed by atoms with E-state index in [9.17, 15) is 8.78 Å². The number of nitrogens with zero attached hydrogens (tertiary/aromatic N) is 1. The minimum absolute atomic E-state index is 0.431. The van der Waals surface area contributed by atoms with Crippen molar-refractivity contribution < 1.29 is 8.78 Å². The fraction of sp³-hybridized carbons (Fsp3) is 1.00. The van der Waals surface area contributed by atoms with E-state index in [-0.39, 0.29) is 0 Å². The van der Waals surface area contributed by atoms with Crippen LogP contribution in [0.3, 0.4) is 0 Å². The van der Waals surface area contributed by atoms with Gasteiger partial charge in [-0.2, -0.15) is 21.4 Å². The highest BCUT2D eigenvalue weighted by Crippen LogP contribution is 2.16. The fourth-order valence-electron chi connectivity index (χ4n) is 0.141. The molecular weight excluding hydrogens is 132 g/mol. The highest BCUT2D eigenvalue weighted by atomic mass is 32.1. The van der Waals surface area contributed by atoms with E-state index in [2.05, 4.69) is 12.6 Å². The van der Waals surface area contributed by atoms with Gasteiger partial charge in [-0.05, 0) is 14.1 Å². The lowest BCUT2D eigenvalue weighted by Crippen LogP contribution is -2.36. The number of halogens is 2. The molecule has 1 nitrogen and oxygen atoms in total. The van der Waals surface area contributed by atoms with E-state index in [1.807, 2.05) is 0 Å². The summed E-state index contributed by atoms with van der Waals surface area (Å²) in [5.74, 6) is -0.431. The Morgan fingerprint density at radius 3 is 1.88 bits per heavy atom. The fourth-order valence-corrected chi connectivity index (χ4v) is 0.424. The molecule has 0 aliphatic heterocycles. The minimum atomic E-state index is -2.76. The van der Waals surface area contributed by atoms with Crippen molar-refractivity contribution in [3.63, 3.8) is 0 Å². The molecule has 0 bridgehead atoms. The smallest absolute Gasteiger partial charge is 0.250 e. The van der Waals surface area contributed by atoms with Crippen LogP contribution in [0, 0.1) is 0 Å². The molecule has 0 aliphatic carbocycles. The maximum Gasteiger partial charge on any atom is 0.313 e. The molecule has 0 aromatic heterocycles. The monoisotopic (exact) mass is 141 g/mol. The summed E-state index contributed by atoms with van der Waals surface area (Å²) in [4.78, 5) is 0.833. The van der Waals surface area contributed by atoms with E-state index in [1.165, 1.54) is 14.1 Å². The van der Waals surface area contributed by atoms with Gasteiger partial charge in [0.05, 0.1) is 5.75 Å².